The van der Waals surface area contributed by atoms with Gasteiger partial charge in [-0.3, -0.25) is 4.90 Å². The molecule has 0 saturated carbocycles. The summed E-state index contributed by atoms with van der Waals surface area (Å²) >= 11 is 1.65. The number of aliphatic hydroxyl groups excluding tert-OH is 1. The Morgan fingerprint density at radius 2 is 1.79 bits per heavy atom. The molecule has 1 fully saturated rings. The number of rotatable bonds is 5. The van der Waals surface area contributed by atoms with Crippen LogP contribution in [0.2, 0.25) is 0 Å². The number of benzene rings is 1. The molecule has 1 aliphatic rings. The van der Waals surface area contributed by atoms with Crippen molar-refractivity contribution < 1.29 is 5.11 Å². The zero-order valence-electron chi connectivity index (χ0n) is 16.6. The van der Waals surface area contributed by atoms with Gasteiger partial charge in [0.25, 0.3) is 0 Å². The largest absolute Gasteiger partial charge is 0.400 e. The van der Waals surface area contributed by atoms with E-state index in [1.54, 1.807) is 17.5 Å². The molecule has 1 saturated heterocycles. The molecule has 0 bridgehead atoms. The summed E-state index contributed by atoms with van der Waals surface area (Å²) in [5.74, 6) is 0.601. The van der Waals surface area contributed by atoms with Gasteiger partial charge in [-0.15, -0.1) is 11.3 Å². The highest BCUT2D eigenvalue weighted by molar-refractivity contribution is 7.13. The van der Waals surface area contributed by atoms with Crippen molar-refractivity contribution in [1.29, 1.82) is 0 Å². The third kappa shape index (κ3) is 5.34. The molecule has 4 rings (SSSR count). The van der Waals surface area contributed by atoms with E-state index in [0.717, 1.165) is 35.7 Å². The highest BCUT2D eigenvalue weighted by Gasteiger charge is 2.14. The molecule has 148 valence electrons. The van der Waals surface area contributed by atoms with Gasteiger partial charge in [0.15, 0.2) is 0 Å². The van der Waals surface area contributed by atoms with Crippen LogP contribution in [0.25, 0.3) is 10.7 Å². The normalized spacial score (nSPS) is 13.9. The van der Waals surface area contributed by atoms with Crippen LogP contribution in [0.5, 0.6) is 0 Å². The molecule has 6 nitrogen and oxygen atoms in total. The van der Waals surface area contributed by atoms with Crippen molar-refractivity contribution in [3.05, 3.63) is 52.7 Å². The average Bonchev–Trinajstić information content (AvgIpc) is 3.35. The van der Waals surface area contributed by atoms with Gasteiger partial charge in [0.1, 0.15) is 10.7 Å². The standard InChI is InChI=1S/C20H23N5S.CH4O/c1-14-9-15(2)11-16(10-14)23-20-21-6-5-18(24-20)19-22-17(13-26-19)12-25-7-3-4-8-25;1-2/h5-6,9-11,13H,3-4,7-8,12H2,1-2H3,(H,21,23,24);2H,1H3. The molecule has 28 heavy (non-hydrogen) atoms. The van der Waals surface area contributed by atoms with E-state index in [1.807, 2.05) is 6.07 Å². The number of thiazole rings is 1. The zero-order chi connectivity index (χ0) is 19.9. The van der Waals surface area contributed by atoms with E-state index in [-0.39, 0.29) is 0 Å². The Labute approximate surface area is 170 Å². The molecule has 0 atom stereocenters. The Kier molecular flexibility index (Phi) is 7.08. The lowest BCUT2D eigenvalue weighted by Gasteiger charge is -2.11. The van der Waals surface area contributed by atoms with Crippen molar-refractivity contribution in [3.8, 4) is 10.7 Å². The number of likely N-dealkylation sites (tertiary alicyclic amines) is 1. The van der Waals surface area contributed by atoms with Crippen LogP contribution in [0.3, 0.4) is 0 Å². The van der Waals surface area contributed by atoms with Crippen molar-refractivity contribution in [2.45, 2.75) is 33.2 Å². The fraction of sp³-hybridized carbons (Fsp3) is 0.381. The van der Waals surface area contributed by atoms with Crippen LogP contribution in [0.4, 0.5) is 11.6 Å². The van der Waals surface area contributed by atoms with Gasteiger partial charge in [-0.2, -0.15) is 0 Å². The summed E-state index contributed by atoms with van der Waals surface area (Å²) in [5.41, 5.74) is 5.44. The highest BCUT2D eigenvalue weighted by atomic mass is 32.1. The molecule has 1 aromatic carbocycles. The van der Waals surface area contributed by atoms with Crippen LogP contribution < -0.4 is 5.32 Å². The van der Waals surface area contributed by atoms with E-state index in [9.17, 15) is 0 Å². The molecule has 7 heteroatoms. The second-order valence-corrected chi connectivity index (χ2v) is 7.75. The topological polar surface area (TPSA) is 74.2 Å². The minimum atomic E-state index is 0.601. The minimum Gasteiger partial charge on any atom is -0.400 e. The molecular formula is C21H27N5OS. The van der Waals surface area contributed by atoms with Gasteiger partial charge >= 0.3 is 0 Å². The van der Waals surface area contributed by atoms with E-state index in [1.165, 1.54) is 37.1 Å². The quantitative estimate of drug-likeness (QED) is 0.673. The van der Waals surface area contributed by atoms with Gasteiger partial charge in [0.2, 0.25) is 5.95 Å². The Morgan fingerprint density at radius 1 is 1.07 bits per heavy atom. The van der Waals surface area contributed by atoms with Gasteiger partial charge in [-0.1, -0.05) is 6.07 Å². The molecule has 0 amide bonds. The number of hydrogen-bond acceptors (Lipinski definition) is 7. The third-order valence-corrected chi connectivity index (χ3v) is 5.40. The fourth-order valence-electron chi connectivity index (χ4n) is 3.38. The number of aryl methyl sites for hydroxylation is 2. The molecule has 0 aliphatic carbocycles. The van der Waals surface area contributed by atoms with Crippen LogP contribution in [0.1, 0.15) is 29.7 Å². The van der Waals surface area contributed by atoms with E-state index in [0.29, 0.717) is 5.95 Å². The summed E-state index contributed by atoms with van der Waals surface area (Å²) in [7, 11) is 1.00. The van der Waals surface area contributed by atoms with Crippen molar-refractivity contribution in [2.24, 2.45) is 0 Å². The second kappa shape index (κ2) is 9.73. The maximum Gasteiger partial charge on any atom is 0.227 e. The van der Waals surface area contributed by atoms with Gasteiger partial charge in [0.05, 0.1) is 5.69 Å². The first kappa shape index (κ1) is 20.4. The Bertz CT molecular complexity index is 885. The van der Waals surface area contributed by atoms with Crippen LogP contribution in [-0.2, 0) is 6.54 Å². The minimum absolute atomic E-state index is 0.601. The molecule has 0 spiro atoms. The molecular weight excluding hydrogens is 370 g/mol. The summed E-state index contributed by atoms with van der Waals surface area (Å²) < 4.78 is 0. The van der Waals surface area contributed by atoms with Gasteiger partial charge in [0, 0.05) is 30.9 Å². The highest BCUT2D eigenvalue weighted by Crippen LogP contribution is 2.25. The summed E-state index contributed by atoms with van der Waals surface area (Å²) in [6, 6.07) is 8.27. The Morgan fingerprint density at radius 3 is 2.50 bits per heavy atom. The third-order valence-electron chi connectivity index (χ3n) is 4.49. The average molecular weight is 398 g/mol. The van der Waals surface area contributed by atoms with Crippen molar-refractivity contribution >= 4 is 23.0 Å². The van der Waals surface area contributed by atoms with Gasteiger partial charge < -0.3 is 10.4 Å². The van der Waals surface area contributed by atoms with E-state index < -0.39 is 0 Å². The number of anilines is 2. The fourth-order valence-corrected chi connectivity index (χ4v) is 4.16. The molecule has 0 unspecified atom stereocenters. The number of nitrogens with zero attached hydrogens (tertiary/aromatic N) is 4. The van der Waals surface area contributed by atoms with Crippen LogP contribution >= 0.6 is 11.3 Å². The van der Waals surface area contributed by atoms with Gasteiger partial charge in [-0.25, -0.2) is 15.0 Å². The van der Waals surface area contributed by atoms with Gasteiger partial charge in [-0.05, 0) is 69.1 Å². The van der Waals surface area contributed by atoms with Crippen LogP contribution in [0, 0.1) is 13.8 Å². The van der Waals surface area contributed by atoms with E-state index >= 15 is 0 Å². The number of aliphatic hydroxyl groups is 1. The summed E-state index contributed by atoms with van der Waals surface area (Å²) in [6.45, 7) is 7.49. The van der Waals surface area contributed by atoms with E-state index in [2.05, 4.69) is 57.6 Å². The van der Waals surface area contributed by atoms with Crippen molar-refractivity contribution in [3.63, 3.8) is 0 Å². The maximum absolute atomic E-state index is 7.00. The van der Waals surface area contributed by atoms with Crippen LogP contribution in [-0.4, -0.2) is 45.2 Å². The molecule has 2 aromatic heterocycles. The van der Waals surface area contributed by atoms with Crippen molar-refractivity contribution in [2.75, 3.05) is 25.5 Å². The predicted molar refractivity (Wildman–Crippen MR) is 115 cm³/mol. The Balaban J connectivity index is 0.00000109. The lowest BCUT2D eigenvalue weighted by atomic mass is 10.1. The summed E-state index contributed by atoms with van der Waals surface area (Å²) in [6.07, 6.45) is 4.39. The number of aromatic nitrogens is 3. The SMILES string of the molecule is CO.Cc1cc(C)cc(Nc2nccc(-c3nc(CN4CCCC4)cs3)n2)c1. The smallest absolute Gasteiger partial charge is 0.227 e. The van der Waals surface area contributed by atoms with Crippen molar-refractivity contribution in [1.82, 2.24) is 19.9 Å². The summed E-state index contributed by atoms with van der Waals surface area (Å²) in [4.78, 5) is 16.3. The maximum atomic E-state index is 7.00. The first-order valence-corrected chi connectivity index (χ1v) is 10.3. The molecule has 0 radical (unpaired) electrons. The predicted octanol–water partition coefficient (Wildman–Crippen LogP) is 4.16. The molecule has 3 heterocycles. The monoisotopic (exact) mass is 397 g/mol. The first-order valence-electron chi connectivity index (χ1n) is 9.46. The zero-order valence-corrected chi connectivity index (χ0v) is 17.5. The lowest BCUT2D eigenvalue weighted by molar-refractivity contribution is 0.328. The second-order valence-electron chi connectivity index (χ2n) is 6.89. The Hall–Kier alpha value is -2.35. The lowest BCUT2D eigenvalue weighted by Crippen LogP contribution is -2.18. The molecule has 3 aromatic rings. The number of hydrogen-bond donors (Lipinski definition) is 2. The van der Waals surface area contributed by atoms with Crippen LogP contribution in [0.15, 0.2) is 35.8 Å². The molecule has 2 N–H and O–H groups in total. The summed E-state index contributed by atoms with van der Waals surface area (Å²) in [5, 5.41) is 13.4. The number of nitrogens with one attached hydrogen (secondary N) is 1. The first-order chi connectivity index (χ1) is 13.7. The molecule has 1 aliphatic heterocycles. The van der Waals surface area contributed by atoms with E-state index in [4.69, 9.17) is 10.1 Å².